The largest absolute Gasteiger partial charge is 0.306 e. The van der Waals surface area contributed by atoms with Crippen LogP contribution < -0.4 is 0 Å². The Bertz CT molecular complexity index is 1080. The number of imidazole rings is 1. The molecule has 0 saturated heterocycles. The topological polar surface area (TPSA) is 56.5 Å². The van der Waals surface area contributed by atoms with Crippen molar-refractivity contribution in [3.8, 4) is 0 Å². The van der Waals surface area contributed by atoms with E-state index in [0.29, 0.717) is 12.5 Å². The molecule has 0 unspecified atom stereocenters. The fourth-order valence-corrected chi connectivity index (χ4v) is 3.97. The molecule has 25 heavy (non-hydrogen) atoms. The van der Waals surface area contributed by atoms with Crippen molar-refractivity contribution < 1.29 is 0 Å². The lowest BCUT2D eigenvalue weighted by molar-refractivity contribution is 0.391. The molecule has 0 bridgehead atoms. The van der Waals surface area contributed by atoms with Gasteiger partial charge in [-0.2, -0.15) is 0 Å². The molecule has 0 spiro atoms. The molecule has 124 valence electrons. The summed E-state index contributed by atoms with van der Waals surface area (Å²) in [6.07, 6.45) is 9.06. The minimum atomic E-state index is 0.519. The molecule has 1 aromatic carbocycles. The number of halogens is 1. The summed E-state index contributed by atoms with van der Waals surface area (Å²) in [5.41, 5.74) is 2.76. The highest BCUT2D eigenvalue weighted by atomic mass is 79.9. The van der Waals surface area contributed by atoms with E-state index in [1.807, 2.05) is 12.3 Å². The average Bonchev–Trinajstić information content (AvgIpc) is 2.94. The first kappa shape index (κ1) is 15.0. The van der Waals surface area contributed by atoms with Gasteiger partial charge in [-0.15, -0.1) is 0 Å². The van der Waals surface area contributed by atoms with E-state index >= 15 is 0 Å². The lowest BCUT2D eigenvalue weighted by atomic mass is 9.85. The minimum Gasteiger partial charge on any atom is -0.306 e. The van der Waals surface area contributed by atoms with Crippen molar-refractivity contribution in [2.75, 3.05) is 0 Å². The number of hydrogen-bond acceptors (Lipinski definition) is 4. The second-order valence-corrected chi connectivity index (χ2v) is 7.26. The molecule has 0 radical (unpaired) electrons. The summed E-state index contributed by atoms with van der Waals surface area (Å²) in [5.74, 6) is 1.63. The van der Waals surface area contributed by atoms with E-state index in [2.05, 4.69) is 53.6 Å². The van der Waals surface area contributed by atoms with E-state index in [1.165, 1.54) is 30.2 Å². The SMILES string of the molecule is Brc1ncc(Cn2c(C3CCC3)nc3nccnc32)c2ccccc12. The highest BCUT2D eigenvalue weighted by molar-refractivity contribution is 9.10. The number of nitrogens with zero attached hydrogens (tertiary/aromatic N) is 5. The van der Waals surface area contributed by atoms with Crippen molar-refractivity contribution in [2.45, 2.75) is 31.7 Å². The van der Waals surface area contributed by atoms with Crippen molar-refractivity contribution in [1.82, 2.24) is 24.5 Å². The van der Waals surface area contributed by atoms with Crippen molar-refractivity contribution in [1.29, 1.82) is 0 Å². The minimum absolute atomic E-state index is 0.519. The van der Waals surface area contributed by atoms with Gasteiger partial charge in [0.25, 0.3) is 0 Å². The summed E-state index contributed by atoms with van der Waals surface area (Å²) < 4.78 is 3.10. The molecule has 1 aliphatic carbocycles. The van der Waals surface area contributed by atoms with Crippen molar-refractivity contribution in [3.63, 3.8) is 0 Å². The summed E-state index contributed by atoms with van der Waals surface area (Å²) >= 11 is 3.55. The lowest BCUT2D eigenvalue weighted by Crippen LogP contribution is -2.16. The van der Waals surface area contributed by atoms with Gasteiger partial charge in [0.1, 0.15) is 10.4 Å². The van der Waals surface area contributed by atoms with Crippen LogP contribution in [0.4, 0.5) is 0 Å². The number of benzene rings is 1. The van der Waals surface area contributed by atoms with Gasteiger partial charge in [-0.05, 0) is 39.7 Å². The predicted molar refractivity (Wildman–Crippen MR) is 100 cm³/mol. The maximum Gasteiger partial charge on any atom is 0.197 e. The molecule has 1 fully saturated rings. The maximum atomic E-state index is 4.79. The van der Waals surface area contributed by atoms with E-state index < -0.39 is 0 Å². The second-order valence-electron chi connectivity index (χ2n) is 6.51. The first-order valence-electron chi connectivity index (χ1n) is 8.50. The molecule has 0 atom stereocenters. The molecule has 5 nitrogen and oxygen atoms in total. The van der Waals surface area contributed by atoms with Gasteiger partial charge in [0.05, 0.1) is 6.54 Å². The van der Waals surface area contributed by atoms with Crippen LogP contribution in [0.3, 0.4) is 0 Å². The standard InChI is InChI=1S/C19H16BrN5/c20-16-15-7-2-1-6-14(15)13(10-23-16)11-25-18(12-4-3-5-12)24-17-19(25)22-9-8-21-17/h1-2,6-10,12H,3-5,11H2. The molecule has 5 rings (SSSR count). The van der Waals surface area contributed by atoms with Crippen LogP contribution in [-0.2, 0) is 6.54 Å². The van der Waals surface area contributed by atoms with Gasteiger partial charge in [0, 0.05) is 29.9 Å². The maximum absolute atomic E-state index is 4.79. The van der Waals surface area contributed by atoms with Crippen molar-refractivity contribution in [2.24, 2.45) is 0 Å². The van der Waals surface area contributed by atoms with E-state index in [4.69, 9.17) is 4.98 Å². The van der Waals surface area contributed by atoms with Gasteiger partial charge in [0.2, 0.25) is 0 Å². The van der Waals surface area contributed by atoms with E-state index in [0.717, 1.165) is 27.1 Å². The van der Waals surface area contributed by atoms with E-state index in [-0.39, 0.29) is 0 Å². The number of fused-ring (bicyclic) bond motifs is 2. The van der Waals surface area contributed by atoms with E-state index in [1.54, 1.807) is 12.4 Å². The quantitative estimate of drug-likeness (QED) is 0.482. The van der Waals surface area contributed by atoms with Crippen LogP contribution >= 0.6 is 15.9 Å². The molecule has 3 heterocycles. The second kappa shape index (κ2) is 5.88. The first-order chi connectivity index (χ1) is 12.3. The van der Waals surface area contributed by atoms with Gasteiger partial charge in [-0.1, -0.05) is 30.7 Å². The van der Waals surface area contributed by atoms with Gasteiger partial charge in [0.15, 0.2) is 11.3 Å². The fraction of sp³-hybridized carbons (Fsp3) is 0.263. The molecule has 0 N–H and O–H groups in total. The molecule has 1 aliphatic rings. The fourth-order valence-electron chi connectivity index (χ4n) is 3.52. The molecule has 4 aromatic rings. The third-order valence-corrected chi connectivity index (χ3v) is 5.67. The Morgan fingerprint density at radius 2 is 1.84 bits per heavy atom. The summed E-state index contributed by atoms with van der Waals surface area (Å²) in [6.45, 7) is 0.710. The van der Waals surface area contributed by atoms with Crippen LogP contribution in [0, 0.1) is 0 Å². The number of rotatable bonds is 3. The molecular formula is C19H16BrN5. The normalized spacial score (nSPS) is 14.9. The van der Waals surface area contributed by atoms with Crippen LogP contribution in [0.15, 0.2) is 47.5 Å². The van der Waals surface area contributed by atoms with Crippen LogP contribution in [0.5, 0.6) is 0 Å². The third-order valence-electron chi connectivity index (χ3n) is 5.04. The highest BCUT2D eigenvalue weighted by Gasteiger charge is 2.27. The molecule has 0 aliphatic heterocycles. The zero-order valence-electron chi connectivity index (χ0n) is 13.6. The zero-order chi connectivity index (χ0) is 16.8. The summed E-state index contributed by atoms with van der Waals surface area (Å²) in [5, 5.41) is 2.33. The smallest absolute Gasteiger partial charge is 0.197 e. The van der Waals surface area contributed by atoms with Gasteiger partial charge in [-0.25, -0.2) is 19.9 Å². The number of hydrogen-bond donors (Lipinski definition) is 0. The van der Waals surface area contributed by atoms with Crippen molar-refractivity contribution in [3.05, 3.63) is 58.8 Å². The Labute approximate surface area is 153 Å². The number of aromatic nitrogens is 5. The molecule has 0 amide bonds. The zero-order valence-corrected chi connectivity index (χ0v) is 15.1. The molecule has 3 aromatic heterocycles. The first-order valence-corrected chi connectivity index (χ1v) is 9.30. The Kier molecular flexibility index (Phi) is 3.52. The Balaban J connectivity index is 1.69. The molecule has 6 heteroatoms. The summed E-state index contributed by atoms with van der Waals surface area (Å²) in [4.78, 5) is 18.3. The lowest BCUT2D eigenvalue weighted by Gasteiger charge is -2.25. The predicted octanol–water partition coefficient (Wildman–Crippen LogP) is 4.45. The van der Waals surface area contributed by atoms with Crippen LogP contribution in [-0.4, -0.2) is 24.5 Å². The average molecular weight is 394 g/mol. The van der Waals surface area contributed by atoms with Crippen LogP contribution in [0.25, 0.3) is 22.1 Å². The Morgan fingerprint density at radius 3 is 2.64 bits per heavy atom. The van der Waals surface area contributed by atoms with Crippen LogP contribution in [0.2, 0.25) is 0 Å². The van der Waals surface area contributed by atoms with Crippen LogP contribution in [0.1, 0.15) is 36.6 Å². The van der Waals surface area contributed by atoms with Gasteiger partial charge >= 0.3 is 0 Å². The highest BCUT2D eigenvalue weighted by Crippen LogP contribution is 2.37. The summed E-state index contributed by atoms with van der Waals surface area (Å²) in [6, 6.07) is 8.34. The van der Waals surface area contributed by atoms with Gasteiger partial charge < -0.3 is 4.57 Å². The Morgan fingerprint density at radius 1 is 1.04 bits per heavy atom. The summed E-state index contributed by atoms with van der Waals surface area (Å²) in [7, 11) is 0. The molecule has 1 saturated carbocycles. The van der Waals surface area contributed by atoms with E-state index in [9.17, 15) is 0 Å². The monoisotopic (exact) mass is 393 g/mol. The number of pyridine rings is 1. The van der Waals surface area contributed by atoms with Crippen molar-refractivity contribution >= 4 is 38.0 Å². The third kappa shape index (κ3) is 2.43. The van der Waals surface area contributed by atoms with Gasteiger partial charge in [-0.3, -0.25) is 0 Å². The Hall–Kier alpha value is -2.34. The molecular weight excluding hydrogens is 378 g/mol.